The molecule has 3 amide bonds. The number of amides is 3. The monoisotopic (exact) mass is 631 g/mol. The van der Waals surface area contributed by atoms with Gasteiger partial charge in [-0.1, -0.05) is 48.0 Å². The second kappa shape index (κ2) is 13.7. The number of ether oxygens (including phenoxy) is 1. The summed E-state index contributed by atoms with van der Waals surface area (Å²) in [7, 11) is 0. The zero-order chi connectivity index (χ0) is 32.3. The number of nitrogens with zero attached hydrogens (tertiary/aromatic N) is 4. The Labute approximate surface area is 272 Å². The molecule has 6 rings (SSSR count). The van der Waals surface area contributed by atoms with Crippen molar-refractivity contribution < 1.29 is 24.2 Å². The smallest absolute Gasteiger partial charge is 0.411 e. The predicted molar refractivity (Wildman–Crippen MR) is 176 cm³/mol. The molecule has 0 bridgehead atoms. The number of piperidine rings is 3. The van der Waals surface area contributed by atoms with E-state index in [-0.39, 0.29) is 25.1 Å². The van der Waals surface area contributed by atoms with E-state index in [1.165, 1.54) is 0 Å². The number of nitrogens with one attached hydrogen (secondary N) is 1. The van der Waals surface area contributed by atoms with Gasteiger partial charge in [0.2, 0.25) is 0 Å². The van der Waals surface area contributed by atoms with Crippen molar-refractivity contribution >= 4 is 24.1 Å². The summed E-state index contributed by atoms with van der Waals surface area (Å²) >= 11 is 0. The molecule has 0 saturated carbocycles. The van der Waals surface area contributed by atoms with Gasteiger partial charge in [-0.15, -0.1) is 0 Å². The number of carbonyl (C=O) groups is 3. The topological polar surface area (TPSA) is 106 Å². The first-order valence-electron chi connectivity index (χ1n) is 17.0. The highest BCUT2D eigenvalue weighted by Gasteiger charge is 2.52. The molecule has 2 aromatic carbocycles. The van der Waals surface area contributed by atoms with Gasteiger partial charge in [0.15, 0.2) is 0 Å². The molecule has 3 fully saturated rings. The van der Waals surface area contributed by atoms with Gasteiger partial charge >= 0.3 is 12.1 Å². The van der Waals surface area contributed by atoms with E-state index in [2.05, 4.69) is 21.2 Å². The summed E-state index contributed by atoms with van der Waals surface area (Å²) in [5.74, 6) is 0. The number of hydrogen-bond donors (Lipinski definition) is 2. The van der Waals surface area contributed by atoms with Crippen LogP contribution in [0.15, 0.2) is 48.5 Å². The molecule has 4 aliphatic rings. The van der Waals surface area contributed by atoms with E-state index in [1.54, 1.807) is 4.90 Å². The molecule has 4 aliphatic heterocycles. The Kier molecular flexibility index (Phi) is 9.68. The van der Waals surface area contributed by atoms with Crippen LogP contribution in [0.25, 0.3) is 0 Å². The van der Waals surface area contributed by atoms with Crippen molar-refractivity contribution in [2.45, 2.75) is 95.2 Å². The third kappa shape index (κ3) is 6.94. The second-order valence-electron chi connectivity index (χ2n) is 14.0. The molecule has 0 aromatic heterocycles. The van der Waals surface area contributed by atoms with Crippen LogP contribution in [0.2, 0.25) is 0 Å². The maximum Gasteiger partial charge on any atom is 0.411 e. The molecule has 2 atom stereocenters. The van der Waals surface area contributed by atoms with Crippen molar-refractivity contribution in [1.29, 1.82) is 0 Å². The van der Waals surface area contributed by atoms with E-state index >= 15 is 0 Å². The van der Waals surface area contributed by atoms with Gasteiger partial charge in [-0.2, -0.15) is 0 Å². The molecular weight excluding hydrogens is 582 g/mol. The number of urea groups is 1. The van der Waals surface area contributed by atoms with E-state index in [4.69, 9.17) is 4.74 Å². The second-order valence-corrected chi connectivity index (χ2v) is 14.0. The first-order valence-corrected chi connectivity index (χ1v) is 17.0. The van der Waals surface area contributed by atoms with Gasteiger partial charge in [0.25, 0.3) is 0 Å². The number of hydrogen-bond acceptors (Lipinski definition) is 7. The van der Waals surface area contributed by atoms with Crippen molar-refractivity contribution in [3.63, 3.8) is 0 Å². The average molecular weight is 632 g/mol. The molecule has 4 heterocycles. The molecule has 0 radical (unpaired) electrons. The van der Waals surface area contributed by atoms with Crippen LogP contribution < -0.4 is 5.32 Å². The molecule has 10 heteroatoms. The van der Waals surface area contributed by atoms with Crippen LogP contribution in [0.3, 0.4) is 0 Å². The number of anilines is 1. The SMILES string of the molecule is Cc1cccc(COC(=O)N2CC[C@@H](N3CCc4ccccc4NC3=O)C[C@@]2(CC=O)N2CCC(N3CCC(C)(O)CC3)CC2)c1. The van der Waals surface area contributed by atoms with E-state index in [1.807, 2.05) is 61.2 Å². The van der Waals surface area contributed by atoms with E-state index in [0.717, 1.165) is 86.9 Å². The lowest BCUT2D eigenvalue weighted by Crippen LogP contribution is -2.70. The molecule has 2 N–H and O–H groups in total. The largest absolute Gasteiger partial charge is 0.445 e. The Morgan fingerprint density at radius 3 is 2.48 bits per heavy atom. The Morgan fingerprint density at radius 1 is 1.00 bits per heavy atom. The molecule has 248 valence electrons. The standard InChI is InChI=1S/C36H49N5O5/c1-27-6-5-7-28(24-27)26-46-34(44)41-20-13-31(40-19-10-29-8-3-4-9-32(29)37-33(40)43)25-36(41,16-23-42)39-17-11-30(12-18-39)38-21-14-35(2,45)15-22-38/h3-9,23-24,30-31,45H,10-22,25-26H2,1-2H3,(H,37,43)/t31-,36+/m1/s1. The Morgan fingerprint density at radius 2 is 1.74 bits per heavy atom. The number of aryl methyl sites for hydroxylation is 1. The Balaban J connectivity index is 1.23. The highest BCUT2D eigenvalue weighted by Crippen LogP contribution is 2.40. The van der Waals surface area contributed by atoms with Crippen molar-refractivity contribution in [3.05, 3.63) is 65.2 Å². The van der Waals surface area contributed by atoms with Crippen LogP contribution in [0.5, 0.6) is 0 Å². The summed E-state index contributed by atoms with van der Waals surface area (Å²) in [5, 5.41) is 13.6. The van der Waals surface area contributed by atoms with Gasteiger partial charge in [0.1, 0.15) is 18.6 Å². The van der Waals surface area contributed by atoms with Gasteiger partial charge in [-0.3, -0.25) is 9.80 Å². The first-order chi connectivity index (χ1) is 22.2. The van der Waals surface area contributed by atoms with Crippen molar-refractivity contribution in [3.8, 4) is 0 Å². The quantitative estimate of drug-likeness (QED) is 0.424. The lowest BCUT2D eigenvalue weighted by Gasteiger charge is -2.57. The number of aliphatic hydroxyl groups is 1. The van der Waals surface area contributed by atoms with Crippen LogP contribution >= 0.6 is 0 Å². The van der Waals surface area contributed by atoms with Crippen molar-refractivity contribution in [2.24, 2.45) is 0 Å². The summed E-state index contributed by atoms with van der Waals surface area (Å²) in [6.07, 6.45) is 5.85. The van der Waals surface area contributed by atoms with E-state index < -0.39 is 17.4 Å². The van der Waals surface area contributed by atoms with Crippen molar-refractivity contribution in [2.75, 3.05) is 44.6 Å². The number of rotatable bonds is 7. The zero-order valence-corrected chi connectivity index (χ0v) is 27.3. The molecule has 2 aromatic rings. The van der Waals surface area contributed by atoms with Gasteiger partial charge in [-0.05, 0) is 69.6 Å². The van der Waals surface area contributed by atoms with E-state index in [9.17, 15) is 19.5 Å². The normalized spacial score (nSPS) is 26.2. The van der Waals surface area contributed by atoms with Gasteiger partial charge in [0.05, 0.1) is 5.60 Å². The molecule has 10 nitrogen and oxygen atoms in total. The predicted octanol–water partition coefficient (Wildman–Crippen LogP) is 4.78. The summed E-state index contributed by atoms with van der Waals surface area (Å²) in [6, 6.07) is 16.0. The molecule has 3 saturated heterocycles. The summed E-state index contributed by atoms with van der Waals surface area (Å²) in [4.78, 5) is 48.6. The maximum absolute atomic E-state index is 13.9. The minimum atomic E-state index is -0.898. The van der Waals surface area contributed by atoms with Crippen LogP contribution in [0.4, 0.5) is 15.3 Å². The minimum absolute atomic E-state index is 0.134. The molecule has 0 aliphatic carbocycles. The van der Waals surface area contributed by atoms with Gasteiger partial charge in [0, 0.05) is 69.9 Å². The third-order valence-electron chi connectivity index (χ3n) is 10.9. The highest BCUT2D eigenvalue weighted by molar-refractivity contribution is 5.91. The highest BCUT2D eigenvalue weighted by atomic mass is 16.6. The summed E-state index contributed by atoms with van der Waals surface area (Å²) < 4.78 is 5.93. The van der Waals surface area contributed by atoms with Crippen LogP contribution in [-0.4, -0.2) is 106 Å². The average Bonchev–Trinajstić information content (AvgIpc) is 3.22. The number of fused-ring (bicyclic) bond motifs is 1. The fourth-order valence-electron chi connectivity index (χ4n) is 8.14. The van der Waals surface area contributed by atoms with Crippen LogP contribution in [0.1, 0.15) is 68.6 Å². The van der Waals surface area contributed by atoms with Gasteiger partial charge < -0.3 is 29.8 Å². The fourth-order valence-corrected chi connectivity index (χ4v) is 8.14. The molecule has 46 heavy (non-hydrogen) atoms. The van der Waals surface area contributed by atoms with Crippen molar-refractivity contribution in [1.82, 2.24) is 19.6 Å². The fraction of sp³-hybridized carbons (Fsp3) is 0.583. The minimum Gasteiger partial charge on any atom is -0.445 e. The first kappa shape index (κ1) is 32.5. The zero-order valence-electron chi connectivity index (χ0n) is 27.3. The third-order valence-corrected chi connectivity index (χ3v) is 10.9. The molecular formula is C36H49N5O5. The number of para-hydroxylation sites is 1. The lowest BCUT2D eigenvalue weighted by atomic mass is 9.84. The number of aldehydes is 1. The Hall–Kier alpha value is -3.47. The number of carbonyl (C=O) groups excluding carboxylic acids is 3. The number of benzene rings is 2. The molecule has 0 unspecified atom stereocenters. The summed E-state index contributed by atoms with van der Waals surface area (Å²) in [6.45, 7) is 8.28. The van der Waals surface area contributed by atoms with Gasteiger partial charge in [-0.25, -0.2) is 9.59 Å². The van der Waals surface area contributed by atoms with Crippen LogP contribution in [-0.2, 0) is 22.6 Å². The molecule has 0 spiro atoms. The van der Waals surface area contributed by atoms with E-state index in [0.29, 0.717) is 32.0 Å². The maximum atomic E-state index is 13.9. The van der Waals surface area contributed by atoms with Crippen LogP contribution in [0, 0.1) is 6.92 Å². The Bertz CT molecular complexity index is 1400. The number of likely N-dealkylation sites (tertiary alicyclic amines) is 3. The summed E-state index contributed by atoms with van der Waals surface area (Å²) in [5.41, 5.74) is 2.48. The lowest BCUT2D eigenvalue weighted by molar-refractivity contribution is -0.129.